The van der Waals surface area contributed by atoms with Gasteiger partial charge in [0.2, 0.25) is 0 Å². The summed E-state index contributed by atoms with van der Waals surface area (Å²) < 4.78 is 0. The highest BCUT2D eigenvalue weighted by Gasteiger charge is 2.10. The van der Waals surface area contributed by atoms with Crippen molar-refractivity contribution in [2.24, 2.45) is 0 Å². The van der Waals surface area contributed by atoms with E-state index >= 15 is 0 Å². The molecule has 2 heterocycles. The summed E-state index contributed by atoms with van der Waals surface area (Å²) in [6.07, 6.45) is 8.51. The van der Waals surface area contributed by atoms with Gasteiger partial charge in [-0.2, -0.15) is 0 Å². The minimum atomic E-state index is 0.656. The molecule has 1 fully saturated rings. The van der Waals surface area contributed by atoms with Crippen LogP contribution in [0, 0.1) is 0 Å². The van der Waals surface area contributed by atoms with Crippen LogP contribution < -0.4 is 10.6 Å². The zero-order valence-electron chi connectivity index (χ0n) is 10.7. The van der Waals surface area contributed by atoms with Gasteiger partial charge in [-0.15, -0.1) is 11.3 Å². The van der Waals surface area contributed by atoms with E-state index in [1.54, 1.807) is 0 Å². The summed E-state index contributed by atoms with van der Waals surface area (Å²) in [6, 6.07) is 0.656. The summed E-state index contributed by atoms with van der Waals surface area (Å²) in [7, 11) is 0. The molecule has 2 rings (SSSR count). The van der Waals surface area contributed by atoms with Crippen molar-refractivity contribution in [3.05, 3.63) is 16.1 Å². The highest BCUT2D eigenvalue weighted by molar-refractivity contribution is 7.11. The zero-order valence-corrected chi connectivity index (χ0v) is 11.5. The van der Waals surface area contributed by atoms with Crippen LogP contribution in [0.25, 0.3) is 0 Å². The summed E-state index contributed by atoms with van der Waals surface area (Å²) in [4.78, 5) is 5.81. The van der Waals surface area contributed by atoms with Gasteiger partial charge in [0.25, 0.3) is 0 Å². The standard InChI is InChI=1S/C13H23N3S/c1-2-12-9-16-13(17-12)10-14-8-11-6-4-3-5-7-15-11/h9,11,14-15H,2-8,10H2,1H3. The monoisotopic (exact) mass is 253 g/mol. The van der Waals surface area contributed by atoms with E-state index in [0.717, 1.165) is 19.5 Å². The van der Waals surface area contributed by atoms with E-state index in [1.165, 1.54) is 42.1 Å². The van der Waals surface area contributed by atoms with Gasteiger partial charge in [-0.1, -0.05) is 19.8 Å². The van der Waals surface area contributed by atoms with Crippen molar-refractivity contribution in [1.82, 2.24) is 15.6 Å². The van der Waals surface area contributed by atoms with Gasteiger partial charge < -0.3 is 10.6 Å². The van der Waals surface area contributed by atoms with Crippen LogP contribution in [-0.4, -0.2) is 24.1 Å². The second kappa shape index (κ2) is 7.09. The van der Waals surface area contributed by atoms with Crippen molar-refractivity contribution in [3.8, 4) is 0 Å². The van der Waals surface area contributed by atoms with E-state index < -0.39 is 0 Å². The molecule has 1 aromatic rings. The fraction of sp³-hybridized carbons (Fsp3) is 0.769. The molecule has 1 aliphatic heterocycles. The molecule has 1 atom stereocenters. The first-order valence-corrected chi connectivity index (χ1v) is 7.58. The van der Waals surface area contributed by atoms with E-state index in [4.69, 9.17) is 0 Å². The molecule has 1 aliphatic rings. The molecule has 0 spiro atoms. The normalized spacial score (nSPS) is 21.4. The SMILES string of the molecule is CCc1cnc(CNCC2CCCCCN2)s1. The smallest absolute Gasteiger partial charge is 0.107 e. The van der Waals surface area contributed by atoms with Crippen LogP contribution in [0.5, 0.6) is 0 Å². The molecule has 0 bridgehead atoms. The van der Waals surface area contributed by atoms with Crippen LogP contribution in [0.1, 0.15) is 42.5 Å². The van der Waals surface area contributed by atoms with Crippen molar-refractivity contribution in [3.63, 3.8) is 0 Å². The van der Waals surface area contributed by atoms with E-state index in [9.17, 15) is 0 Å². The van der Waals surface area contributed by atoms with Gasteiger partial charge >= 0.3 is 0 Å². The molecule has 1 saturated heterocycles. The molecule has 0 aromatic carbocycles. The first kappa shape index (κ1) is 13.0. The molecule has 0 amide bonds. The van der Waals surface area contributed by atoms with Crippen molar-refractivity contribution in [2.45, 2.75) is 51.6 Å². The molecule has 0 radical (unpaired) electrons. The van der Waals surface area contributed by atoms with Crippen LogP contribution in [0.15, 0.2) is 6.20 Å². The van der Waals surface area contributed by atoms with Gasteiger partial charge in [0, 0.05) is 30.2 Å². The number of hydrogen-bond acceptors (Lipinski definition) is 4. The Morgan fingerprint density at radius 2 is 2.41 bits per heavy atom. The topological polar surface area (TPSA) is 37.0 Å². The van der Waals surface area contributed by atoms with Gasteiger partial charge in [-0.25, -0.2) is 4.98 Å². The highest BCUT2D eigenvalue weighted by atomic mass is 32.1. The maximum absolute atomic E-state index is 4.42. The highest BCUT2D eigenvalue weighted by Crippen LogP contribution is 2.13. The fourth-order valence-corrected chi connectivity index (χ4v) is 3.05. The predicted molar refractivity (Wildman–Crippen MR) is 73.5 cm³/mol. The minimum Gasteiger partial charge on any atom is -0.313 e. The third kappa shape index (κ3) is 4.37. The van der Waals surface area contributed by atoms with Gasteiger partial charge in [0.05, 0.1) is 0 Å². The first-order valence-electron chi connectivity index (χ1n) is 6.76. The van der Waals surface area contributed by atoms with Crippen LogP contribution in [0.4, 0.5) is 0 Å². The Kier molecular flexibility index (Phi) is 5.42. The van der Waals surface area contributed by atoms with Gasteiger partial charge in [0.15, 0.2) is 0 Å². The summed E-state index contributed by atoms with van der Waals surface area (Å²) in [5.74, 6) is 0. The van der Waals surface area contributed by atoms with Crippen molar-refractivity contribution >= 4 is 11.3 Å². The summed E-state index contributed by atoms with van der Waals surface area (Å²) in [5, 5.41) is 8.34. The first-order chi connectivity index (χ1) is 8.38. The summed E-state index contributed by atoms with van der Waals surface area (Å²) in [5.41, 5.74) is 0. The van der Waals surface area contributed by atoms with Crippen LogP contribution in [-0.2, 0) is 13.0 Å². The van der Waals surface area contributed by atoms with Gasteiger partial charge in [0.1, 0.15) is 5.01 Å². The quantitative estimate of drug-likeness (QED) is 0.845. The van der Waals surface area contributed by atoms with E-state index in [-0.39, 0.29) is 0 Å². The predicted octanol–water partition coefficient (Wildman–Crippen LogP) is 2.33. The van der Waals surface area contributed by atoms with Crippen LogP contribution >= 0.6 is 11.3 Å². The number of nitrogens with zero attached hydrogens (tertiary/aromatic N) is 1. The lowest BCUT2D eigenvalue weighted by Gasteiger charge is -2.15. The lowest BCUT2D eigenvalue weighted by molar-refractivity contribution is 0.470. The van der Waals surface area contributed by atoms with E-state index in [2.05, 4.69) is 22.5 Å². The molecule has 96 valence electrons. The molecule has 4 heteroatoms. The van der Waals surface area contributed by atoms with E-state index in [0.29, 0.717) is 6.04 Å². The number of aromatic nitrogens is 1. The average Bonchev–Trinajstić information content (AvgIpc) is 2.65. The molecule has 3 nitrogen and oxygen atoms in total. The Morgan fingerprint density at radius 1 is 1.47 bits per heavy atom. The lowest BCUT2D eigenvalue weighted by Crippen LogP contribution is -2.37. The summed E-state index contributed by atoms with van der Waals surface area (Å²) >= 11 is 1.83. The number of thiazole rings is 1. The van der Waals surface area contributed by atoms with Crippen molar-refractivity contribution in [2.75, 3.05) is 13.1 Å². The molecule has 1 aromatic heterocycles. The number of hydrogen-bond donors (Lipinski definition) is 2. The van der Waals surface area contributed by atoms with Crippen molar-refractivity contribution in [1.29, 1.82) is 0 Å². The molecular weight excluding hydrogens is 230 g/mol. The number of aryl methyl sites for hydroxylation is 1. The largest absolute Gasteiger partial charge is 0.313 e. The van der Waals surface area contributed by atoms with Crippen LogP contribution in [0.2, 0.25) is 0 Å². The second-order valence-electron chi connectivity index (χ2n) is 4.71. The Balaban J connectivity index is 1.67. The fourth-order valence-electron chi connectivity index (χ4n) is 2.22. The molecule has 1 unspecified atom stereocenters. The summed E-state index contributed by atoms with van der Waals surface area (Å²) in [6.45, 7) is 5.35. The van der Waals surface area contributed by atoms with E-state index in [1.807, 2.05) is 17.5 Å². The zero-order chi connectivity index (χ0) is 11.9. The average molecular weight is 253 g/mol. The van der Waals surface area contributed by atoms with Gasteiger partial charge in [-0.05, 0) is 25.8 Å². The third-order valence-electron chi connectivity index (χ3n) is 3.28. The molecule has 2 N–H and O–H groups in total. The Morgan fingerprint density at radius 3 is 3.24 bits per heavy atom. The molecule has 17 heavy (non-hydrogen) atoms. The number of rotatable bonds is 5. The number of nitrogens with one attached hydrogen (secondary N) is 2. The molecule has 0 saturated carbocycles. The lowest BCUT2D eigenvalue weighted by atomic mass is 10.1. The minimum absolute atomic E-state index is 0.656. The molecular formula is C13H23N3S. The van der Waals surface area contributed by atoms with Crippen molar-refractivity contribution < 1.29 is 0 Å². The molecule has 0 aliphatic carbocycles. The second-order valence-corrected chi connectivity index (χ2v) is 5.90. The Hall–Kier alpha value is -0.450. The van der Waals surface area contributed by atoms with Gasteiger partial charge in [-0.3, -0.25) is 0 Å². The maximum Gasteiger partial charge on any atom is 0.107 e. The van der Waals surface area contributed by atoms with Crippen LogP contribution in [0.3, 0.4) is 0 Å². The third-order valence-corrected chi connectivity index (χ3v) is 4.42. The maximum atomic E-state index is 4.42. The Bertz CT molecular complexity index is 316. The Labute approximate surface area is 108 Å².